The third-order valence-corrected chi connectivity index (χ3v) is 4.49. The van der Waals surface area contributed by atoms with E-state index in [-0.39, 0.29) is 10.6 Å². The molecule has 0 radical (unpaired) electrons. The van der Waals surface area contributed by atoms with E-state index >= 15 is 0 Å². The lowest BCUT2D eigenvalue weighted by molar-refractivity contribution is -0.136. The second-order valence-electron chi connectivity index (χ2n) is 4.40. The SMILES string of the molecule is N#Cc1ccccc1S(=O)(=O)Nc1ccc(Cl)cc1C(F)(F)F. The Morgan fingerprint density at radius 3 is 2.39 bits per heavy atom. The van der Waals surface area contributed by atoms with Gasteiger partial charge < -0.3 is 0 Å². The number of hydrogen-bond acceptors (Lipinski definition) is 3. The summed E-state index contributed by atoms with van der Waals surface area (Å²) >= 11 is 5.54. The molecule has 0 heterocycles. The van der Waals surface area contributed by atoms with E-state index in [2.05, 4.69) is 0 Å². The standard InChI is InChI=1S/C14H8ClF3N2O2S/c15-10-5-6-12(11(7-10)14(16,17)18)20-23(21,22)13-4-2-1-3-9(13)8-19/h1-7,20H. The lowest BCUT2D eigenvalue weighted by Gasteiger charge is -2.15. The number of nitriles is 1. The van der Waals surface area contributed by atoms with Crippen LogP contribution in [0.1, 0.15) is 11.1 Å². The van der Waals surface area contributed by atoms with Crippen molar-refractivity contribution >= 4 is 27.3 Å². The van der Waals surface area contributed by atoms with Crippen molar-refractivity contribution in [2.75, 3.05) is 4.72 Å². The second-order valence-corrected chi connectivity index (χ2v) is 6.49. The molecule has 9 heteroatoms. The number of hydrogen-bond donors (Lipinski definition) is 1. The molecule has 0 amide bonds. The first kappa shape index (κ1) is 17.1. The maximum atomic E-state index is 13.0. The first-order valence-electron chi connectivity index (χ1n) is 6.04. The monoisotopic (exact) mass is 360 g/mol. The van der Waals surface area contributed by atoms with Gasteiger partial charge in [0.25, 0.3) is 10.0 Å². The fourth-order valence-electron chi connectivity index (χ4n) is 1.83. The Labute approximate surface area is 135 Å². The predicted octanol–water partition coefficient (Wildman–Crippen LogP) is 4.03. The van der Waals surface area contributed by atoms with E-state index in [1.807, 2.05) is 4.72 Å². The third kappa shape index (κ3) is 3.75. The molecule has 0 saturated carbocycles. The van der Waals surface area contributed by atoms with Crippen LogP contribution in [0.4, 0.5) is 18.9 Å². The van der Waals surface area contributed by atoms with Gasteiger partial charge in [-0.15, -0.1) is 0 Å². The van der Waals surface area contributed by atoms with Crippen molar-refractivity contribution in [2.24, 2.45) is 0 Å². The molecule has 0 aliphatic rings. The van der Waals surface area contributed by atoms with Crippen molar-refractivity contribution in [1.82, 2.24) is 0 Å². The Morgan fingerprint density at radius 1 is 1.13 bits per heavy atom. The smallest absolute Gasteiger partial charge is 0.279 e. The number of sulfonamides is 1. The molecule has 0 fully saturated rings. The Balaban J connectivity index is 2.53. The Kier molecular flexibility index (Phi) is 4.54. The van der Waals surface area contributed by atoms with E-state index < -0.39 is 32.3 Å². The van der Waals surface area contributed by atoms with Crippen LogP contribution >= 0.6 is 11.6 Å². The van der Waals surface area contributed by atoms with Crippen molar-refractivity contribution in [3.63, 3.8) is 0 Å². The number of nitrogens with one attached hydrogen (secondary N) is 1. The minimum Gasteiger partial charge on any atom is -0.279 e. The summed E-state index contributed by atoms with van der Waals surface area (Å²) in [5.74, 6) is 0. The average molecular weight is 361 g/mol. The fraction of sp³-hybridized carbons (Fsp3) is 0.0714. The molecule has 0 unspecified atom stereocenters. The minimum atomic E-state index is -4.79. The maximum absolute atomic E-state index is 13.0. The first-order valence-corrected chi connectivity index (χ1v) is 7.90. The summed E-state index contributed by atoms with van der Waals surface area (Å²) in [7, 11) is -4.37. The molecule has 0 bridgehead atoms. The lowest BCUT2D eigenvalue weighted by atomic mass is 10.2. The van der Waals surface area contributed by atoms with Gasteiger partial charge >= 0.3 is 6.18 Å². The lowest BCUT2D eigenvalue weighted by Crippen LogP contribution is -2.18. The number of rotatable bonds is 3. The number of alkyl halides is 3. The van der Waals surface area contributed by atoms with Gasteiger partial charge in [-0.05, 0) is 30.3 Å². The molecule has 0 atom stereocenters. The van der Waals surface area contributed by atoms with E-state index in [9.17, 15) is 21.6 Å². The summed E-state index contributed by atoms with van der Waals surface area (Å²) in [6.07, 6.45) is -4.79. The van der Waals surface area contributed by atoms with Crippen molar-refractivity contribution < 1.29 is 21.6 Å². The summed E-state index contributed by atoms with van der Waals surface area (Å²) in [5.41, 5.74) is -2.07. The van der Waals surface area contributed by atoms with Crippen molar-refractivity contribution in [2.45, 2.75) is 11.1 Å². The zero-order valence-corrected chi connectivity index (χ0v) is 12.8. The highest BCUT2D eigenvalue weighted by atomic mass is 35.5. The quantitative estimate of drug-likeness (QED) is 0.898. The van der Waals surface area contributed by atoms with Crippen LogP contribution in [0.15, 0.2) is 47.4 Å². The molecule has 2 rings (SSSR count). The second kappa shape index (κ2) is 6.10. The van der Waals surface area contributed by atoms with Gasteiger partial charge in [0, 0.05) is 5.02 Å². The summed E-state index contributed by atoms with van der Waals surface area (Å²) in [6, 6.07) is 9.53. The molecule has 0 saturated heterocycles. The Bertz CT molecular complexity index is 890. The molecule has 0 aliphatic carbocycles. The average Bonchev–Trinajstić information content (AvgIpc) is 2.48. The van der Waals surface area contributed by atoms with Crippen LogP contribution in [0.5, 0.6) is 0 Å². The van der Waals surface area contributed by atoms with Crippen LogP contribution in [0.2, 0.25) is 5.02 Å². The highest BCUT2D eigenvalue weighted by molar-refractivity contribution is 7.92. The predicted molar refractivity (Wildman–Crippen MR) is 78.4 cm³/mol. The van der Waals surface area contributed by atoms with Gasteiger partial charge in [0.05, 0.1) is 16.8 Å². The highest BCUT2D eigenvalue weighted by Crippen LogP contribution is 2.37. The first-order chi connectivity index (χ1) is 10.6. The van der Waals surface area contributed by atoms with E-state index in [1.54, 1.807) is 6.07 Å². The normalized spacial score (nSPS) is 11.8. The van der Waals surface area contributed by atoms with Gasteiger partial charge in [0.1, 0.15) is 11.0 Å². The maximum Gasteiger partial charge on any atom is 0.418 e. The van der Waals surface area contributed by atoms with Crippen molar-refractivity contribution in [3.05, 3.63) is 58.6 Å². The Morgan fingerprint density at radius 2 is 1.78 bits per heavy atom. The Hall–Kier alpha value is -2.24. The number of benzene rings is 2. The van der Waals surface area contributed by atoms with Crippen LogP contribution in [-0.2, 0) is 16.2 Å². The van der Waals surface area contributed by atoms with E-state index in [1.165, 1.54) is 18.2 Å². The zero-order valence-electron chi connectivity index (χ0n) is 11.2. The molecule has 2 aromatic rings. The van der Waals surface area contributed by atoms with Crippen LogP contribution in [0, 0.1) is 11.3 Å². The summed E-state index contributed by atoms with van der Waals surface area (Å²) in [4.78, 5) is -0.412. The molecular formula is C14H8ClF3N2O2S. The van der Waals surface area contributed by atoms with Crippen LogP contribution < -0.4 is 4.72 Å². The van der Waals surface area contributed by atoms with Gasteiger partial charge in [0.15, 0.2) is 0 Å². The van der Waals surface area contributed by atoms with Crippen LogP contribution in [0.3, 0.4) is 0 Å². The van der Waals surface area contributed by atoms with Crippen molar-refractivity contribution in [3.8, 4) is 6.07 Å². The highest BCUT2D eigenvalue weighted by Gasteiger charge is 2.35. The van der Waals surface area contributed by atoms with Crippen LogP contribution in [-0.4, -0.2) is 8.42 Å². The molecule has 120 valence electrons. The number of anilines is 1. The van der Waals surface area contributed by atoms with Gasteiger partial charge in [-0.25, -0.2) is 8.42 Å². The van der Waals surface area contributed by atoms with Gasteiger partial charge in [-0.2, -0.15) is 18.4 Å². The van der Waals surface area contributed by atoms with E-state index in [0.29, 0.717) is 6.07 Å². The molecule has 0 spiro atoms. The van der Waals surface area contributed by atoms with E-state index in [0.717, 1.165) is 18.2 Å². The largest absolute Gasteiger partial charge is 0.418 e. The molecule has 4 nitrogen and oxygen atoms in total. The van der Waals surface area contributed by atoms with Gasteiger partial charge in [0.2, 0.25) is 0 Å². The fourth-order valence-corrected chi connectivity index (χ4v) is 3.24. The third-order valence-electron chi connectivity index (χ3n) is 2.83. The number of nitrogens with zero attached hydrogens (tertiary/aromatic N) is 1. The molecule has 2 aromatic carbocycles. The number of halogens is 4. The summed E-state index contributed by atoms with van der Waals surface area (Å²) in [6.45, 7) is 0. The zero-order chi connectivity index (χ0) is 17.3. The molecule has 0 aliphatic heterocycles. The van der Waals surface area contributed by atoms with Gasteiger partial charge in [-0.3, -0.25) is 4.72 Å². The van der Waals surface area contributed by atoms with Crippen LogP contribution in [0.25, 0.3) is 0 Å². The molecule has 23 heavy (non-hydrogen) atoms. The summed E-state index contributed by atoms with van der Waals surface area (Å²) < 4.78 is 65.4. The topological polar surface area (TPSA) is 70.0 Å². The molecular weight excluding hydrogens is 353 g/mol. The minimum absolute atomic E-state index is 0.178. The van der Waals surface area contributed by atoms with Gasteiger partial charge in [-0.1, -0.05) is 23.7 Å². The molecule has 1 N–H and O–H groups in total. The van der Waals surface area contributed by atoms with E-state index in [4.69, 9.17) is 16.9 Å². The van der Waals surface area contributed by atoms with Crippen molar-refractivity contribution in [1.29, 1.82) is 5.26 Å². The molecule has 0 aromatic heterocycles. The summed E-state index contributed by atoms with van der Waals surface area (Å²) in [5, 5.41) is 8.75.